The van der Waals surface area contributed by atoms with Gasteiger partial charge < -0.3 is 14.4 Å². The van der Waals surface area contributed by atoms with Crippen molar-refractivity contribution in [3.8, 4) is 17.2 Å². The van der Waals surface area contributed by atoms with E-state index in [1.807, 2.05) is 40.8 Å². The van der Waals surface area contributed by atoms with E-state index >= 15 is 0 Å². The van der Waals surface area contributed by atoms with Gasteiger partial charge in [0.2, 0.25) is 5.91 Å². The van der Waals surface area contributed by atoms with Gasteiger partial charge in [0.1, 0.15) is 0 Å². The molecular formula is C24H29N3O3S. The predicted molar refractivity (Wildman–Crippen MR) is 124 cm³/mol. The first-order valence-electron chi connectivity index (χ1n) is 10.2. The van der Waals surface area contributed by atoms with Crippen molar-refractivity contribution in [2.75, 3.05) is 26.5 Å². The Hall–Kier alpha value is -2.93. The molecule has 0 unspecified atom stereocenters. The fourth-order valence-electron chi connectivity index (χ4n) is 3.26. The fourth-order valence-corrected chi connectivity index (χ4v) is 4.14. The summed E-state index contributed by atoms with van der Waals surface area (Å²) < 4.78 is 12.7. The highest BCUT2D eigenvalue weighted by Gasteiger charge is 2.16. The molecule has 0 bridgehead atoms. The number of rotatable bonds is 9. The normalized spacial score (nSPS) is 10.7. The molecular weight excluding hydrogens is 410 g/mol. The zero-order valence-electron chi connectivity index (χ0n) is 18.7. The van der Waals surface area contributed by atoms with E-state index in [0.29, 0.717) is 30.3 Å². The summed E-state index contributed by atoms with van der Waals surface area (Å²) in [6.45, 7) is 7.32. The number of carbonyl (C=O) groups excluding carboxylic acids is 1. The molecule has 7 heteroatoms. The zero-order valence-corrected chi connectivity index (χ0v) is 19.5. The van der Waals surface area contributed by atoms with Gasteiger partial charge in [-0.05, 0) is 61.7 Å². The van der Waals surface area contributed by atoms with Crippen molar-refractivity contribution in [2.45, 2.75) is 32.5 Å². The summed E-state index contributed by atoms with van der Waals surface area (Å²) >= 11 is 1.45. The van der Waals surface area contributed by atoms with Gasteiger partial charge in [0, 0.05) is 31.2 Å². The molecule has 0 aliphatic carbocycles. The number of aromatic nitrogens is 2. The highest BCUT2D eigenvalue weighted by atomic mass is 32.2. The van der Waals surface area contributed by atoms with Crippen LogP contribution in [0.4, 0.5) is 0 Å². The van der Waals surface area contributed by atoms with Crippen molar-refractivity contribution >= 4 is 17.7 Å². The molecule has 0 N–H and O–H groups in total. The molecule has 0 radical (unpaired) electrons. The highest BCUT2D eigenvalue weighted by Crippen LogP contribution is 2.28. The average Bonchev–Trinajstić information content (AvgIpc) is 3.26. The maximum atomic E-state index is 12.9. The molecule has 0 spiro atoms. The molecule has 3 aromatic rings. The number of amides is 1. The van der Waals surface area contributed by atoms with Crippen molar-refractivity contribution in [3.05, 3.63) is 65.5 Å². The van der Waals surface area contributed by atoms with E-state index in [1.165, 1.54) is 22.9 Å². The number of benzene rings is 2. The molecule has 0 aliphatic heterocycles. The minimum Gasteiger partial charge on any atom is -0.493 e. The molecule has 31 heavy (non-hydrogen) atoms. The van der Waals surface area contributed by atoms with Crippen LogP contribution >= 0.6 is 11.8 Å². The van der Waals surface area contributed by atoms with Gasteiger partial charge in [-0.25, -0.2) is 4.98 Å². The Balaban J connectivity index is 1.67. The smallest absolute Gasteiger partial charge is 0.233 e. The summed E-state index contributed by atoms with van der Waals surface area (Å²) in [6, 6.07) is 12.0. The number of aryl methyl sites for hydroxylation is 2. The van der Waals surface area contributed by atoms with Crippen molar-refractivity contribution in [1.29, 1.82) is 0 Å². The maximum Gasteiger partial charge on any atom is 0.233 e. The monoisotopic (exact) mass is 439 g/mol. The molecule has 1 heterocycles. The Morgan fingerprint density at radius 3 is 2.52 bits per heavy atom. The van der Waals surface area contributed by atoms with Crippen LogP contribution in [-0.4, -0.2) is 46.9 Å². The van der Waals surface area contributed by atoms with Crippen molar-refractivity contribution < 1.29 is 14.3 Å². The van der Waals surface area contributed by atoms with Crippen LogP contribution in [-0.2, 0) is 11.3 Å². The van der Waals surface area contributed by atoms with Crippen LogP contribution in [0.25, 0.3) is 5.69 Å². The molecule has 0 saturated carbocycles. The molecule has 0 aliphatic rings. The Kier molecular flexibility index (Phi) is 7.63. The lowest BCUT2D eigenvalue weighted by atomic mass is 10.1. The first-order valence-corrected chi connectivity index (χ1v) is 11.2. The molecule has 3 rings (SSSR count). The van der Waals surface area contributed by atoms with E-state index in [4.69, 9.17) is 9.47 Å². The van der Waals surface area contributed by atoms with Crippen molar-refractivity contribution in [1.82, 2.24) is 14.5 Å². The number of carbonyl (C=O) groups is 1. The first-order chi connectivity index (χ1) is 15.0. The third-order valence-electron chi connectivity index (χ3n) is 5.26. The lowest BCUT2D eigenvalue weighted by Crippen LogP contribution is -2.31. The zero-order chi connectivity index (χ0) is 22.4. The van der Waals surface area contributed by atoms with Crippen LogP contribution < -0.4 is 9.47 Å². The molecule has 6 nitrogen and oxygen atoms in total. The number of ether oxygens (including phenoxy) is 2. The second-order valence-corrected chi connectivity index (χ2v) is 8.18. The Bertz CT molecular complexity index is 1050. The Morgan fingerprint density at radius 2 is 1.84 bits per heavy atom. The average molecular weight is 440 g/mol. The van der Waals surface area contributed by atoms with Gasteiger partial charge in [-0.3, -0.25) is 9.36 Å². The Labute approximate surface area is 188 Å². The third kappa shape index (κ3) is 5.41. The Morgan fingerprint density at radius 1 is 1.06 bits per heavy atom. The van der Waals surface area contributed by atoms with Gasteiger partial charge in [0.25, 0.3) is 0 Å². The second-order valence-electron chi connectivity index (χ2n) is 7.23. The van der Waals surface area contributed by atoms with E-state index in [-0.39, 0.29) is 5.91 Å². The number of imidazole rings is 1. The van der Waals surface area contributed by atoms with E-state index < -0.39 is 0 Å². The number of methoxy groups -OCH3 is 2. The van der Waals surface area contributed by atoms with E-state index in [1.54, 1.807) is 20.4 Å². The number of nitrogens with zero attached hydrogens (tertiary/aromatic N) is 3. The van der Waals surface area contributed by atoms with Gasteiger partial charge in [-0.15, -0.1) is 0 Å². The van der Waals surface area contributed by atoms with E-state index in [9.17, 15) is 4.79 Å². The summed E-state index contributed by atoms with van der Waals surface area (Å²) in [5, 5.41) is 0.804. The maximum absolute atomic E-state index is 12.9. The minimum atomic E-state index is 0.0666. The lowest BCUT2D eigenvalue weighted by molar-refractivity contribution is -0.128. The molecule has 164 valence electrons. The standard InChI is InChI=1S/C24H29N3O3S/c1-6-26(15-19-8-10-21(29-4)22(14-19)30-5)23(28)16-31-24-25-11-12-27(24)20-9-7-17(2)18(3)13-20/h7-14H,6,15-16H2,1-5H3. The van der Waals surface area contributed by atoms with Crippen LogP contribution in [0, 0.1) is 13.8 Å². The quantitative estimate of drug-likeness (QED) is 0.455. The molecule has 2 aromatic carbocycles. The number of hydrogen-bond donors (Lipinski definition) is 0. The minimum absolute atomic E-state index is 0.0666. The molecule has 0 atom stereocenters. The van der Waals surface area contributed by atoms with Crippen LogP contribution in [0.1, 0.15) is 23.6 Å². The van der Waals surface area contributed by atoms with E-state index in [0.717, 1.165) is 16.4 Å². The SMILES string of the molecule is CCN(Cc1ccc(OC)c(OC)c1)C(=O)CSc1nccn1-c1ccc(C)c(C)c1. The van der Waals surface area contributed by atoms with Crippen LogP contribution in [0.3, 0.4) is 0 Å². The van der Waals surface area contributed by atoms with Crippen LogP contribution in [0.15, 0.2) is 53.9 Å². The summed E-state index contributed by atoms with van der Waals surface area (Å²) in [7, 11) is 3.22. The molecule has 0 saturated heterocycles. The topological polar surface area (TPSA) is 56.6 Å². The summed E-state index contributed by atoms with van der Waals surface area (Å²) in [4.78, 5) is 19.2. The van der Waals surface area contributed by atoms with Gasteiger partial charge in [0.15, 0.2) is 16.7 Å². The second kappa shape index (κ2) is 10.4. The van der Waals surface area contributed by atoms with Gasteiger partial charge >= 0.3 is 0 Å². The number of hydrogen-bond acceptors (Lipinski definition) is 5. The fraction of sp³-hybridized carbons (Fsp3) is 0.333. The summed E-state index contributed by atoms with van der Waals surface area (Å²) in [5.74, 6) is 1.72. The summed E-state index contributed by atoms with van der Waals surface area (Å²) in [6.07, 6.45) is 3.70. The van der Waals surface area contributed by atoms with E-state index in [2.05, 4.69) is 37.0 Å². The largest absolute Gasteiger partial charge is 0.493 e. The number of thioether (sulfide) groups is 1. The summed E-state index contributed by atoms with van der Waals surface area (Å²) in [5.41, 5.74) is 4.52. The van der Waals surface area contributed by atoms with Gasteiger partial charge in [-0.1, -0.05) is 23.9 Å². The van der Waals surface area contributed by atoms with Gasteiger partial charge in [0.05, 0.1) is 20.0 Å². The first kappa shape index (κ1) is 22.7. The third-order valence-corrected chi connectivity index (χ3v) is 6.21. The molecule has 0 fully saturated rings. The van der Waals surface area contributed by atoms with Crippen molar-refractivity contribution in [2.24, 2.45) is 0 Å². The predicted octanol–water partition coefficient (Wildman–Crippen LogP) is 4.65. The highest BCUT2D eigenvalue weighted by molar-refractivity contribution is 7.99. The molecule has 1 aromatic heterocycles. The van der Waals surface area contributed by atoms with Gasteiger partial charge in [-0.2, -0.15) is 0 Å². The van der Waals surface area contributed by atoms with Crippen LogP contribution in [0.5, 0.6) is 11.5 Å². The lowest BCUT2D eigenvalue weighted by Gasteiger charge is -2.21. The van der Waals surface area contributed by atoms with Crippen molar-refractivity contribution in [3.63, 3.8) is 0 Å². The van der Waals surface area contributed by atoms with Crippen LogP contribution in [0.2, 0.25) is 0 Å². The molecule has 1 amide bonds.